The first-order valence-electron chi connectivity index (χ1n) is 8.14. The topological polar surface area (TPSA) is 71.3 Å². The van der Waals surface area contributed by atoms with Gasteiger partial charge in [-0.15, -0.1) is 0 Å². The first kappa shape index (κ1) is 18.3. The molecule has 0 bridgehead atoms. The van der Waals surface area contributed by atoms with Crippen molar-refractivity contribution in [3.63, 3.8) is 0 Å². The number of carbonyl (C=O) groups excluding carboxylic acids is 1. The number of carbonyl (C=O) groups is 1. The highest BCUT2D eigenvalue weighted by Gasteiger charge is 2.02. The van der Waals surface area contributed by atoms with Crippen molar-refractivity contribution < 1.29 is 14.3 Å². The molecule has 2 aromatic carbocycles. The van der Waals surface area contributed by atoms with Crippen LogP contribution >= 0.6 is 0 Å². The Balaban J connectivity index is 1.72. The molecule has 0 atom stereocenters. The molecule has 0 unspecified atom stereocenters. The second-order valence-corrected chi connectivity index (χ2v) is 5.72. The SMILES string of the molecule is Cc1ccc(OCCOc2ccc(CNC(=O)CC#N)cc2)c(C)c1. The predicted octanol–water partition coefficient (Wildman–Crippen LogP) is 3.29. The number of nitrogens with one attached hydrogen (secondary N) is 1. The van der Waals surface area contributed by atoms with Gasteiger partial charge in [-0.2, -0.15) is 5.26 Å². The van der Waals surface area contributed by atoms with E-state index in [0.717, 1.165) is 22.6 Å². The van der Waals surface area contributed by atoms with Gasteiger partial charge in [0.25, 0.3) is 0 Å². The summed E-state index contributed by atoms with van der Waals surface area (Å²) < 4.78 is 11.4. The van der Waals surface area contributed by atoms with Crippen molar-refractivity contribution in [3.8, 4) is 17.6 Å². The summed E-state index contributed by atoms with van der Waals surface area (Å²) in [7, 11) is 0. The molecule has 1 N–H and O–H groups in total. The van der Waals surface area contributed by atoms with Crippen LogP contribution in [0.5, 0.6) is 11.5 Å². The van der Waals surface area contributed by atoms with E-state index in [9.17, 15) is 4.79 Å². The maximum atomic E-state index is 11.2. The van der Waals surface area contributed by atoms with Crippen LogP contribution in [0.3, 0.4) is 0 Å². The van der Waals surface area contributed by atoms with Gasteiger partial charge in [-0.25, -0.2) is 0 Å². The molecule has 25 heavy (non-hydrogen) atoms. The van der Waals surface area contributed by atoms with Crippen molar-refractivity contribution in [2.45, 2.75) is 26.8 Å². The summed E-state index contributed by atoms with van der Waals surface area (Å²) in [4.78, 5) is 11.2. The number of aryl methyl sites for hydroxylation is 2. The summed E-state index contributed by atoms with van der Waals surface area (Å²) in [6, 6.07) is 15.4. The van der Waals surface area contributed by atoms with Gasteiger partial charge >= 0.3 is 0 Å². The Kier molecular flexibility index (Phi) is 6.85. The van der Waals surface area contributed by atoms with Crippen LogP contribution in [0.15, 0.2) is 42.5 Å². The highest BCUT2D eigenvalue weighted by atomic mass is 16.5. The van der Waals surface area contributed by atoms with E-state index in [1.807, 2.05) is 49.4 Å². The Morgan fingerprint density at radius 2 is 1.80 bits per heavy atom. The molecule has 5 nitrogen and oxygen atoms in total. The molecule has 0 aromatic heterocycles. The molecule has 0 spiro atoms. The summed E-state index contributed by atoms with van der Waals surface area (Å²) in [5.74, 6) is 1.35. The zero-order valence-electron chi connectivity index (χ0n) is 14.5. The quantitative estimate of drug-likeness (QED) is 0.750. The smallest absolute Gasteiger partial charge is 0.234 e. The Bertz CT molecular complexity index is 749. The first-order chi connectivity index (χ1) is 12.1. The van der Waals surface area contributed by atoms with E-state index in [4.69, 9.17) is 14.7 Å². The van der Waals surface area contributed by atoms with Gasteiger partial charge in [-0.1, -0.05) is 29.8 Å². The second-order valence-electron chi connectivity index (χ2n) is 5.72. The summed E-state index contributed by atoms with van der Waals surface area (Å²) in [6.07, 6.45) is -0.123. The zero-order valence-corrected chi connectivity index (χ0v) is 14.5. The van der Waals surface area contributed by atoms with Gasteiger partial charge in [0.05, 0.1) is 6.07 Å². The molecular weight excluding hydrogens is 316 g/mol. The third kappa shape index (κ3) is 6.19. The number of rotatable bonds is 8. The highest BCUT2D eigenvalue weighted by Crippen LogP contribution is 2.18. The maximum Gasteiger partial charge on any atom is 0.234 e. The van der Waals surface area contributed by atoms with E-state index in [-0.39, 0.29) is 12.3 Å². The van der Waals surface area contributed by atoms with E-state index in [1.165, 1.54) is 5.56 Å². The zero-order chi connectivity index (χ0) is 18.1. The molecule has 0 aliphatic heterocycles. The van der Waals surface area contributed by atoms with E-state index in [2.05, 4.69) is 18.3 Å². The normalized spacial score (nSPS) is 9.96. The fourth-order valence-electron chi connectivity index (χ4n) is 2.31. The van der Waals surface area contributed by atoms with Gasteiger partial charge in [-0.3, -0.25) is 4.79 Å². The first-order valence-corrected chi connectivity index (χ1v) is 8.14. The highest BCUT2D eigenvalue weighted by molar-refractivity contribution is 5.77. The Morgan fingerprint density at radius 3 is 2.48 bits per heavy atom. The van der Waals surface area contributed by atoms with Crippen LogP contribution in [0.2, 0.25) is 0 Å². The average Bonchev–Trinajstić information content (AvgIpc) is 2.60. The van der Waals surface area contributed by atoms with Gasteiger partial charge in [0, 0.05) is 6.54 Å². The van der Waals surface area contributed by atoms with Gasteiger partial charge in [0.15, 0.2) is 0 Å². The van der Waals surface area contributed by atoms with Crippen molar-refractivity contribution in [2.24, 2.45) is 0 Å². The van der Waals surface area contributed by atoms with Crippen molar-refractivity contribution in [1.29, 1.82) is 5.26 Å². The number of amides is 1. The molecule has 0 saturated heterocycles. The van der Waals surface area contributed by atoms with Crippen molar-refractivity contribution >= 4 is 5.91 Å². The number of nitriles is 1. The molecule has 2 aromatic rings. The van der Waals surface area contributed by atoms with Crippen LogP contribution in [-0.4, -0.2) is 19.1 Å². The van der Waals surface area contributed by atoms with E-state index >= 15 is 0 Å². The fraction of sp³-hybridized carbons (Fsp3) is 0.300. The number of nitrogens with zero attached hydrogens (tertiary/aromatic N) is 1. The number of hydrogen-bond acceptors (Lipinski definition) is 4. The second kappa shape index (κ2) is 9.33. The van der Waals surface area contributed by atoms with Gasteiger partial charge < -0.3 is 14.8 Å². The van der Waals surface area contributed by atoms with E-state index in [1.54, 1.807) is 0 Å². The van der Waals surface area contributed by atoms with Crippen LogP contribution in [0.4, 0.5) is 0 Å². The van der Waals surface area contributed by atoms with Crippen molar-refractivity contribution in [1.82, 2.24) is 5.32 Å². The summed E-state index contributed by atoms with van der Waals surface area (Å²) in [5.41, 5.74) is 3.28. The van der Waals surface area contributed by atoms with Gasteiger partial charge in [0.2, 0.25) is 5.91 Å². The lowest BCUT2D eigenvalue weighted by molar-refractivity contribution is -0.120. The van der Waals surface area contributed by atoms with E-state index < -0.39 is 0 Å². The minimum Gasteiger partial charge on any atom is -0.490 e. The monoisotopic (exact) mass is 338 g/mol. The summed E-state index contributed by atoms with van der Waals surface area (Å²) in [5, 5.41) is 11.1. The van der Waals surface area contributed by atoms with E-state index in [0.29, 0.717) is 19.8 Å². The lowest BCUT2D eigenvalue weighted by Crippen LogP contribution is -2.21. The predicted molar refractivity (Wildman–Crippen MR) is 95.4 cm³/mol. The minimum atomic E-state index is -0.272. The van der Waals surface area contributed by atoms with Gasteiger partial charge in [-0.05, 0) is 43.2 Å². The van der Waals surface area contributed by atoms with Crippen LogP contribution in [0.1, 0.15) is 23.1 Å². The van der Waals surface area contributed by atoms with Gasteiger partial charge in [0.1, 0.15) is 31.1 Å². The minimum absolute atomic E-state index is 0.123. The lowest BCUT2D eigenvalue weighted by Gasteiger charge is -2.11. The standard InChI is InChI=1S/C20H22N2O3/c1-15-3-8-19(16(2)13-15)25-12-11-24-18-6-4-17(5-7-18)14-22-20(23)9-10-21/h3-8,13H,9,11-12,14H2,1-2H3,(H,22,23). The Morgan fingerprint density at radius 1 is 1.08 bits per heavy atom. The van der Waals surface area contributed by atoms with Crippen LogP contribution in [-0.2, 0) is 11.3 Å². The van der Waals surface area contributed by atoms with Crippen molar-refractivity contribution in [3.05, 3.63) is 59.2 Å². The molecule has 5 heteroatoms. The third-order valence-electron chi connectivity index (χ3n) is 3.59. The lowest BCUT2D eigenvalue weighted by atomic mass is 10.1. The van der Waals surface area contributed by atoms with Crippen LogP contribution < -0.4 is 14.8 Å². The molecule has 0 saturated carbocycles. The molecule has 0 radical (unpaired) electrons. The number of hydrogen-bond donors (Lipinski definition) is 1. The summed E-state index contributed by atoms with van der Waals surface area (Å²) >= 11 is 0. The molecular formula is C20H22N2O3. The third-order valence-corrected chi connectivity index (χ3v) is 3.59. The molecule has 0 aliphatic rings. The number of benzene rings is 2. The molecule has 0 aliphatic carbocycles. The van der Waals surface area contributed by atoms with Crippen molar-refractivity contribution in [2.75, 3.05) is 13.2 Å². The average molecular weight is 338 g/mol. The molecule has 0 heterocycles. The van der Waals surface area contributed by atoms with Crippen LogP contribution in [0.25, 0.3) is 0 Å². The molecule has 0 fully saturated rings. The summed E-state index contributed by atoms with van der Waals surface area (Å²) in [6.45, 7) is 5.40. The molecule has 1 amide bonds. The largest absolute Gasteiger partial charge is 0.490 e. The Hall–Kier alpha value is -3.00. The molecule has 2 rings (SSSR count). The number of ether oxygens (including phenoxy) is 2. The van der Waals surface area contributed by atoms with Crippen LogP contribution in [0, 0.1) is 25.2 Å². The maximum absolute atomic E-state index is 11.2. The molecule has 130 valence electrons. The fourth-order valence-corrected chi connectivity index (χ4v) is 2.31. The Labute approximate surface area is 148 Å².